The van der Waals surface area contributed by atoms with Crippen LogP contribution < -0.4 is 0 Å². The molecule has 1 atom stereocenters. The van der Waals surface area contributed by atoms with Crippen molar-refractivity contribution in [1.29, 1.82) is 0 Å². The Morgan fingerprint density at radius 2 is 2.20 bits per heavy atom. The zero-order valence-electron chi connectivity index (χ0n) is 2.65. The van der Waals surface area contributed by atoms with Gasteiger partial charge < -0.3 is 0 Å². The van der Waals surface area contributed by atoms with Crippen LogP contribution in [0.1, 0.15) is 0 Å². The van der Waals surface area contributed by atoms with E-state index in [0.717, 1.165) is 6.08 Å². The Labute approximate surface area is 35.9 Å². The molecule has 1 unspecified atom stereocenters. The molecule has 0 aliphatic carbocycles. The fourth-order valence-corrected chi connectivity index (χ4v) is 0. The Kier molecular flexibility index (Phi) is 2.24. The Morgan fingerprint density at radius 3 is 2.20 bits per heavy atom. The van der Waals surface area contributed by atoms with Crippen molar-refractivity contribution < 1.29 is 5.11 Å². The first-order chi connectivity index (χ1) is 2.27. The van der Waals surface area contributed by atoms with E-state index in [1.165, 1.54) is 0 Å². The normalized spacial score (nSPS) is 14.0. The Morgan fingerprint density at radius 1 is 2.00 bits per heavy atom. The van der Waals surface area contributed by atoms with E-state index in [0.29, 0.717) is 0 Å². The van der Waals surface area contributed by atoms with Crippen molar-refractivity contribution in [3.63, 3.8) is 0 Å². The van der Waals surface area contributed by atoms with E-state index in [2.05, 4.69) is 6.58 Å². The largest absolute Gasteiger partial charge is 0.211 e. The summed E-state index contributed by atoms with van der Waals surface area (Å²) in [7, 11) is 0. The van der Waals surface area contributed by atoms with Gasteiger partial charge in [-0.2, -0.15) is 0 Å². The first-order valence-electron chi connectivity index (χ1n) is 1.20. The third-order valence-electron chi connectivity index (χ3n) is 0.185. The zero-order chi connectivity index (χ0) is 4.28. The number of rotatable bonds is 1. The maximum Gasteiger partial charge on any atom is 0.184 e. The second-order valence-corrected chi connectivity index (χ2v) is 1.02. The van der Waals surface area contributed by atoms with Gasteiger partial charge in [-0.3, -0.25) is 0 Å². The molecule has 0 N–H and O–H groups in total. The van der Waals surface area contributed by atoms with Crippen molar-refractivity contribution in [2.24, 2.45) is 0 Å². The van der Waals surface area contributed by atoms with Crippen LogP contribution in [0.5, 0.6) is 0 Å². The van der Waals surface area contributed by atoms with Gasteiger partial charge in [0.1, 0.15) is 0 Å². The first kappa shape index (κ1) is 4.99. The van der Waals surface area contributed by atoms with Crippen molar-refractivity contribution >= 4 is 11.6 Å². The first-order valence-corrected chi connectivity index (χ1v) is 1.63. The topological polar surface area (TPSA) is 19.9 Å². The van der Waals surface area contributed by atoms with E-state index in [4.69, 9.17) is 11.6 Å². The molecule has 0 saturated carbocycles. The van der Waals surface area contributed by atoms with Crippen molar-refractivity contribution in [2.75, 3.05) is 0 Å². The van der Waals surface area contributed by atoms with Crippen LogP contribution in [0.4, 0.5) is 0 Å². The minimum Gasteiger partial charge on any atom is -0.211 e. The second-order valence-electron chi connectivity index (χ2n) is 0.587. The molecule has 0 aliphatic rings. The van der Waals surface area contributed by atoms with Crippen LogP contribution in [0.25, 0.3) is 0 Å². The Hall–Kier alpha value is -0.0100. The molecule has 0 aliphatic heterocycles. The van der Waals surface area contributed by atoms with Crippen LogP contribution >= 0.6 is 11.6 Å². The number of hydrogen-bond donors (Lipinski definition) is 0. The zero-order valence-corrected chi connectivity index (χ0v) is 3.40. The molecule has 0 bridgehead atoms. The summed E-state index contributed by atoms with van der Waals surface area (Å²) < 4.78 is 0. The molecular formula is C3H4ClO. The van der Waals surface area contributed by atoms with Gasteiger partial charge in [-0.05, 0) is 6.08 Å². The maximum absolute atomic E-state index is 9.54. The second kappa shape index (κ2) is 2.24. The van der Waals surface area contributed by atoms with Gasteiger partial charge in [-0.15, -0.1) is 0 Å². The number of alkyl halides is 1. The molecule has 0 fully saturated rings. The highest BCUT2D eigenvalue weighted by Gasteiger charge is 1.82. The van der Waals surface area contributed by atoms with Gasteiger partial charge in [0.15, 0.2) is 5.56 Å². The number of halogens is 1. The van der Waals surface area contributed by atoms with E-state index in [1.54, 1.807) is 0 Å². The SMILES string of the molecule is C=CC([O])Cl. The lowest BCUT2D eigenvalue weighted by molar-refractivity contribution is 0.197. The van der Waals surface area contributed by atoms with Crippen LogP contribution in [0.2, 0.25) is 0 Å². The fraction of sp³-hybridized carbons (Fsp3) is 0.333. The van der Waals surface area contributed by atoms with Gasteiger partial charge in [0.25, 0.3) is 0 Å². The van der Waals surface area contributed by atoms with Crippen LogP contribution in [0.15, 0.2) is 12.7 Å². The molecule has 0 heterocycles. The van der Waals surface area contributed by atoms with Crippen molar-refractivity contribution in [2.45, 2.75) is 5.56 Å². The van der Waals surface area contributed by atoms with Gasteiger partial charge in [0.05, 0.1) is 0 Å². The van der Waals surface area contributed by atoms with E-state index in [-0.39, 0.29) is 0 Å². The summed E-state index contributed by atoms with van der Waals surface area (Å²) in [6, 6.07) is 0. The summed E-state index contributed by atoms with van der Waals surface area (Å²) in [4.78, 5) is 0. The van der Waals surface area contributed by atoms with E-state index in [9.17, 15) is 5.11 Å². The quantitative estimate of drug-likeness (QED) is 0.341. The summed E-state index contributed by atoms with van der Waals surface area (Å²) in [6.07, 6.45) is 1.13. The van der Waals surface area contributed by atoms with Gasteiger partial charge in [-0.1, -0.05) is 18.2 Å². The average molecular weight is 91.5 g/mol. The van der Waals surface area contributed by atoms with Crippen molar-refractivity contribution in [3.8, 4) is 0 Å². The van der Waals surface area contributed by atoms with Gasteiger partial charge >= 0.3 is 0 Å². The lowest BCUT2D eigenvalue weighted by Gasteiger charge is -1.76. The molecule has 0 spiro atoms. The van der Waals surface area contributed by atoms with Crippen molar-refractivity contribution in [3.05, 3.63) is 12.7 Å². The smallest absolute Gasteiger partial charge is 0.184 e. The van der Waals surface area contributed by atoms with E-state index >= 15 is 0 Å². The molecule has 0 aromatic rings. The average Bonchev–Trinajstić information content (AvgIpc) is 1.38. The predicted molar refractivity (Wildman–Crippen MR) is 20.5 cm³/mol. The summed E-state index contributed by atoms with van der Waals surface area (Å²) >= 11 is 4.79. The highest BCUT2D eigenvalue weighted by Crippen LogP contribution is 1.86. The molecule has 0 amide bonds. The molecule has 1 nitrogen and oxygen atoms in total. The Bertz CT molecular complexity index is 33.9. The van der Waals surface area contributed by atoms with Crippen LogP contribution in [-0.4, -0.2) is 5.56 Å². The van der Waals surface area contributed by atoms with Crippen LogP contribution in [0, 0.1) is 0 Å². The predicted octanol–water partition coefficient (Wildman–Crippen LogP) is 1.17. The van der Waals surface area contributed by atoms with Crippen molar-refractivity contribution in [1.82, 2.24) is 0 Å². The standard InChI is InChI=1S/C3H4ClO/c1-2-3(4)5/h2-3H,1H2. The van der Waals surface area contributed by atoms with E-state index in [1.807, 2.05) is 0 Å². The minimum absolute atomic E-state index is 1.13. The van der Waals surface area contributed by atoms with Crippen LogP contribution in [0.3, 0.4) is 0 Å². The summed E-state index contributed by atoms with van der Waals surface area (Å²) in [5.41, 5.74) is -1.13. The molecular weight excluding hydrogens is 87.5 g/mol. The molecule has 1 radical (unpaired) electrons. The van der Waals surface area contributed by atoms with Crippen LogP contribution in [-0.2, 0) is 5.11 Å². The van der Waals surface area contributed by atoms with Gasteiger partial charge in [-0.25, -0.2) is 5.11 Å². The van der Waals surface area contributed by atoms with Gasteiger partial charge in [0, 0.05) is 0 Å². The Balaban J connectivity index is 2.83. The molecule has 0 aromatic carbocycles. The fourth-order valence-electron chi connectivity index (χ4n) is 0. The highest BCUT2D eigenvalue weighted by atomic mass is 35.5. The molecule has 5 heavy (non-hydrogen) atoms. The molecule has 0 aromatic heterocycles. The number of hydrogen-bond acceptors (Lipinski definition) is 0. The third-order valence-corrected chi connectivity index (χ3v) is 0.363. The lowest BCUT2D eigenvalue weighted by atomic mass is 10.7. The molecule has 0 rings (SSSR count). The maximum atomic E-state index is 9.54. The van der Waals surface area contributed by atoms with Gasteiger partial charge in [0.2, 0.25) is 0 Å². The molecule has 2 heteroatoms. The summed E-state index contributed by atoms with van der Waals surface area (Å²) in [5.74, 6) is 0. The lowest BCUT2D eigenvalue weighted by Crippen LogP contribution is -1.79. The minimum atomic E-state index is -1.13. The van der Waals surface area contributed by atoms with E-state index < -0.39 is 5.56 Å². The molecule has 0 saturated heterocycles. The highest BCUT2D eigenvalue weighted by molar-refractivity contribution is 6.20. The monoisotopic (exact) mass is 91.0 g/mol. The summed E-state index contributed by atoms with van der Waals surface area (Å²) in [5, 5.41) is 9.54. The third kappa shape index (κ3) is 3.99. The summed E-state index contributed by atoms with van der Waals surface area (Å²) in [6.45, 7) is 3.12. The molecule has 29 valence electrons.